The number of nitrogens with zero attached hydrogens (tertiary/aromatic N) is 1. The lowest BCUT2D eigenvalue weighted by atomic mass is 9.98. The average molecular weight is 442 g/mol. The first-order valence-corrected chi connectivity index (χ1v) is 11.2. The monoisotopic (exact) mass is 441 g/mol. The van der Waals surface area contributed by atoms with Crippen LogP contribution in [0.15, 0.2) is 72.9 Å². The summed E-state index contributed by atoms with van der Waals surface area (Å²) < 4.78 is 7.55. The van der Waals surface area contributed by atoms with E-state index in [1.807, 2.05) is 49.5 Å². The maximum atomic E-state index is 12.6. The summed E-state index contributed by atoms with van der Waals surface area (Å²) in [6.07, 6.45) is 3.88. The second kappa shape index (κ2) is 9.74. The van der Waals surface area contributed by atoms with Crippen molar-refractivity contribution in [2.75, 3.05) is 6.61 Å². The number of aromatic nitrogens is 1. The summed E-state index contributed by atoms with van der Waals surface area (Å²) in [6.45, 7) is 5.15. The first-order valence-electron chi connectivity index (χ1n) is 11.2. The normalized spacial score (nSPS) is 11.0. The fourth-order valence-electron chi connectivity index (χ4n) is 4.03. The molecule has 0 atom stereocenters. The third-order valence-corrected chi connectivity index (χ3v) is 5.82. The largest absolute Gasteiger partial charge is 0.478 e. The Bertz CT molecular complexity index is 1300. The number of fused-ring (bicyclic) bond motifs is 1. The zero-order valence-corrected chi connectivity index (χ0v) is 18.9. The van der Waals surface area contributed by atoms with Gasteiger partial charge in [0.25, 0.3) is 0 Å². The predicted octanol–water partition coefficient (Wildman–Crippen LogP) is 6.32. The zero-order valence-electron chi connectivity index (χ0n) is 18.9. The van der Waals surface area contributed by atoms with E-state index in [9.17, 15) is 14.7 Å². The number of rotatable bonds is 8. The molecule has 5 heteroatoms. The Morgan fingerprint density at radius 2 is 1.76 bits per heavy atom. The number of aryl methyl sites for hydroxylation is 1. The van der Waals surface area contributed by atoms with Crippen molar-refractivity contribution in [3.63, 3.8) is 0 Å². The lowest BCUT2D eigenvalue weighted by molar-refractivity contribution is 0.0500. The van der Waals surface area contributed by atoms with E-state index < -0.39 is 5.97 Å². The summed E-state index contributed by atoms with van der Waals surface area (Å²) >= 11 is 0. The molecule has 168 valence electrons. The molecule has 0 aliphatic carbocycles. The fourth-order valence-corrected chi connectivity index (χ4v) is 4.03. The molecule has 0 saturated carbocycles. The summed E-state index contributed by atoms with van der Waals surface area (Å²) in [7, 11) is 0. The average Bonchev–Trinajstić information content (AvgIpc) is 3.14. The number of carbonyl (C=O) groups excluding carboxylic acids is 1. The molecule has 1 N–H and O–H groups in total. The molecule has 5 nitrogen and oxygen atoms in total. The van der Waals surface area contributed by atoms with Crippen molar-refractivity contribution in [3.05, 3.63) is 95.2 Å². The number of hydrogen-bond acceptors (Lipinski definition) is 3. The van der Waals surface area contributed by atoms with Crippen LogP contribution < -0.4 is 0 Å². The Labute approximate surface area is 193 Å². The summed E-state index contributed by atoms with van der Waals surface area (Å²) in [4.78, 5) is 23.9. The van der Waals surface area contributed by atoms with Crippen molar-refractivity contribution < 1.29 is 19.4 Å². The van der Waals surface area contributed by atoms with Crippen molar-refractivity contribution in [2.45, 2.75) is 33.2 Å². The molecule has 0 unspecified atom stereocenters. The minimum Gasteiger partial charge on any atom is -0.478 e. The van der Waals surface area contributed by atoms with E-state index in [0.717, 1.165) is 46.0 Å². The van der Waals surface area contributed by atoms with E-state index in [1.54, 1.807) is 18.2 Å². The first kappa shape index (κ1) is 22.3. The summed E-state index contributed by atoms with van der Waals surface area (Å²) in [6, 6.07) is 20.9. The number of carboxylic acids is 1. The van der Waals surface area contributed by atoms with Gasteiger partial charge in [0.15, 0.2) is 0 Å². The van der Waals surface area contributed by atoms with Crippen LogP contribution in [0.5, 0.6) is 0 Å². The number of ether oxygens (including phenoxy) is 1. The minimum absolute atomic E-state index is 0.291. The highest BCUT2D eigenvalue weighted by Gasteiger charge is 2.14. The van der Waals surface area contributed by atoms with Crippen LogP contribution in [-0.4, -0.2) is 28.2 Å². The Morgan fingerprint density at radius 1 is 1.00 bits per heavy atom. The van der Waals surface area contributed by atoms with E-state index >= 15 is 0 Å². The topological polar surface area (TPSA) is 68.5 Å². The number of esters is 1. The second-order valence-corrected chi connectivity index (χ2v) is 8.21. The van der Waals surface area contributed by atoms with E-state index in [4.69, 9.17) is 4.74 Å². The Hall–Kier alpha value is -3.86. The number of aromatic carboxylic acids is 1. The second-order valence-electron chi connectivity index (χ2n) is 8.21. The van der Waals surface area contributed by atoms with Gasteiger partial charge in [0.05, 0.1) is 17.7 Å². The van der Waals surface area contributed by atoms with Gasteiger partial charge >= 0.3 is 11.9 Å². The van der Waals surface area contributed by atoms with Gasteiger partial charge in [0.1, 0.15) is 0 Å². The first-order chi connectivity index (χ1) is 16.0. The molecule has 4 rings (SSSR count). The standard InChI is InChI=1S/C28H27NO4/c1-3-4-15-33-28(32)24-8-6-5-7-23(24)21-11-9-20(10-12-21)18-29-17-19(2)25-16-22(27(30)31)13-14-26(25)29/h5-14,16-17H,3-4,15,18H2,1-2H3,(H,30,31). The van der Waals surface area contributed by atoms with Crippen LogP contribution in [0.2, 0.25) is 0 Å². The van der Waals surface area contributed by atoms with Crippen molar-refractivity contribution in [2.24, 2.45) is 0 Å². The lowest BCUT2D eigenvalue weighted by Gasteiger charge is -2.11. The molecule has 0 bridgehead atoms. The van der Waals surface area contributed by atoms with Crippen LogP contribution in [0.3, 0.4) is 0 Å². The molecule has 4 aromatic rings. The Kier molecular flexibility index (Phi) is 6.59. The maximum absolute atomic E-state index is 12.6. The maximum Gasteiger partial charge on any atom is 0.338 e. The molecule has 0 fully saturated rings. The molecule has 0 aliphatic rings. The van der Waals surface area contributed by atoms with Gasteiger partial charge in [-0.05, 0) is 59.9 Å². The molecular weight excluding hydrogens is 414 g/mol. The number of carboxylic acid groups (broad SMARTS) is 1. The van der Waals surface area contributed by atoms with Gasteiger partial charge in [0.2, 0.25) is 0 Å². The van der Waals surface area contributed by atoms with Crippen LogP contribution >= 0.6 is 0 Å². The predicted molar refractivity (Wildman–Crippen MR) is 130 cm³/mol. The molecule has 33 heavy (non-hydrogen) atoms. The number of benzene rings is 3. The van der Waals surface area contributed by atoms with E-state index in [-0.39, 0.29) is 5.97 Å². The third kappa shape index (κ3) is 4.82. The van der Waals surface area contributed by atoms with Gasteiger partial charge < -0.3 is 14.4 Å². The number of hydrogen-bond donors (Lipinski definition) is 1. The number of carbonyl (C=O) groups is 2. The van der Waals surface area contributed by atoms with Gasteiger partial charge in [-0.15, -0.1) is 0 Å². The Balaban J connectivity index is 1.57. The highest BCUT2D eigenvalue weighted by Crippen LogP contribution is 2.27. The van der Waals surface area contributed by atoms with Crippen molar-refractivity contribution in [1.82, 2.24) is 4.57 Å². The summed E-state index contributed by atoms with van der Waals surface area (Å²) in [5, 5.41) is 10.2. The van der Waals surface area contributed by atoms with Gasteiger partial charge in [-0.2, -0.15) is 0 Å². The smallest absolute Gasteiger partial charge is 0.338 e. The van der Waals surface area contributed by atoms with E-state index in [2.05, 4.69) is 23.6 Å². The molecule has 0 radical (unpaired) electrons. The van der Waals surface area contributed by atoms with Crippen LogP contribution in [-0.2, 0) is 11.3 Å². The summed E-state index contributed by atoms with van der Waals surface area (Å²) in [5.41, 5.74) is 5.83. The van der Waals surface area contributed by atoms with Crippen LogP contribution in [0, 0.1) is 6.92 Å². The van der Waals surface area contributed by atoms with Gasteiger partial charge in [-0.3, -0.25) is 0 Å². The lowest BCUT2D eigenvalue weighted by Crippen LogP contribution is -2.08. The quantitative estimate of drug-likeness (QED) is 0.257. The van der Waals surface area contributed by atoms with Gasteiger partial charge in [-0.25, -0.2) is 9.59 Å². The van der Waals surface area contributed by atoms with Crippen LogP contribution in [0.4, 0.5) is 0 Å². The molecule has 0 saturated heterocycles. The molecule has 0 spiro atoms. The van der Waals surface area contributed by atoms with Crippen LogP contribution in [0.25, 0.3) is 22.0 Å². The third-order valence-electron chi connectivity index (χ3n) is 5.82. The van der Waals surface area contributed by atoms with Gasteiger partial charge in [0, 0.05) is 23.6 Å². The molecule has 3 aromatic carbocycles. The molecule has 0 aliphatic heterocycles. The fraction of sp³-hybridized carbons (Fsp3) is 0.214. The molecular formula is C28H27NO4. The molecule has 0 amide bonds. The van der Waals surface area contributed by atoms with Gasteiger partial charge in [-0.1, -0.05) is 55.8 Å². The van der Waals surface area contributed by atoms with E-state index in [0.29, 0.717) is 24.3 Å². The number of unbranched alkanes of at least 4 members (excludes halogenated alkanes) is 1. The highest BCUT2D eigenvalue weighted by atomic mass is 16.5. The Morgan fingerprint density at radius 3 is 2.48 bits per heavy atom. The SMILES string of the molecule is CCCCOC(=O)c1ccccc1-c1ccc(Cn2cc(C)c3cc(C(=O)O)ccc32)cc1. The highest BCUT2D eigenvalue weighted by molar-refractivity contribution is 5.97. The molecule has 1 aromatic heterocycles. The van der Waals surface area contributed by atoms with Crippen LogP contribution in [0.1, 0.15) is 51.6 Å². The van der Waals surface area contributed by atoms with Crippen molar-refractivity contribution in [1.29, 1.82) is 0 Å². The molecule has 1 heterocycles. The summed E-state index contributed by atoms with van der Waals surface area (Å²) in [5.74, 6) is -1.22. The van der Waals surface area contributed by atoms with Crippen molar-refractivity contribution >= 4 is 22.8 Å². The minimum atomic E-state index is -0.922. The zero-order chi connectivity index (χ0) is 23.4. The van der Waals surface area contributed by atoms with Crippen molar-refractivity contribution in [3.8, 4) is 11.1 Å². The van der Waals surface area contributed by atoms with E-state index in [1.165, 1.54) is 0 Å².